The van der Waals surface area contributed by atoms with Gasteiger partial charge in [-0.3, -0.25) is 14.9 Å². The Balaban J connectivity index is 2.69. The SMILES string of the molecule is CCOC(=O)CCNc1nc(NC)ccc1[N+](=O)[O-]. The number of nitrogens with zero attached hydrogens (tertiary/aromatic N) is 2. The minimum absolute atomic E-state index is 0.121. The second kappa shape index (κ2) is 7.14. The van der Waals surface area contributed by atoms with Gasteiger partial charge in [-0.05, 0) is 13.0 Å². The molecule has 0 spiro atoms. The van der Waals surface area contributed by atoms with E-state index in [4.69, 9.17) is 4.74 Å². The van der Waals surface area contributed by atoms with Crippen LogP contribution < -0.4 is 10.6 Å². The Kier molecular flexibility index (Phi) is 5.52. The number of hydrogen-bond acceptors (Lipinski definition) is 7. The van der Waals surface area contributed by atoms with Crippen LogP contribution in [0.3, 0.4) is 0 Å². The summed E-state index contributed by atoms with van der Waals surface area (Å²) in [4.78, 5) is 25.5. The smallest absolute Gasteiger partial charge is 0.311 e. The summed E-state index contributed by atoms with van der Waals surface area (Å²) in [5.41, 5.74) is -0.136. The fraction of sp³-hybridized carbons (Fsp3) is 0.455. The fourth-order valence-corrected chi connectivity index (χ4v) is 1.38. The molecule has 0 bridgehead atoms. The van der Waals surface area contributed by atoms with Gasteiger partial charge in [-0.25, -0.2) is 4.98 Å². The molecular formula is C11H16N4O4. The molecule has 8 nitrogen and oxygen atoms in total. The highest BCUT2D eigenvalue weighted by Gasteiger charge is 2.15. The number of hydrogen-bond donors (Lipinski definition) is 2. The zero-order valence-corrected chi connectivity index (χ0v) is 10.8. The number of aromatic nitrogens is 1. The molecular weight excluding hydrogens is 252 g/mol. The first-order valence-electron chi connectivity index (χ1n) is 5.81. The normalized spacial score (nSPS) is 9.79. The van der Waals surface area contributed by atoms with E-state index in [9.17, 15) is 14.9 Å². The van der Waals surface area contributed by atoms with Gasteiger partial charge in [0.05, 0.1) is 18.0 Å². The molecule has 0 fully saturated rings. The zero-order chi connectivity index (χ0) is 14.3. The monoisotopic (exact) mass is 268 g/mol. The molecule has 0 saturated carbocycles. The van der Waals surface area contributed by atoms with Crippen LogP contribution in [-0.2, 0) is 9.53 Å². The maximum atomic E-state index is 11.1. The van der Waals surface area contributed by atoms with E-state index in [0.29, 0.717) is 12.4 Å². The highest BCUT2D eigenvalue weighted by atomic mass is 16.6. The quantitative estimate of drug-likeness (QED) is 0.437. The molecule has 0 aliphatic carbocycles. The predicted octanol–water partition coefficient (Wildman–Crippen LogP) is 1.40. The van der Waals surface area contributed by atoms with Crippen molar-refractivity contribution in [3.63, 3.8) is 0 Å². The Labute approximate surface area is 110 Å². The van der Waals surface area contributed by atoms with Gasteiger partial charge in [-0.15, -0.1) is 0 Å². The number of nitro groups is 1. The van der Waals surface area contributed by atoms with Crippen LogP contribution in [0.1, 0.15) is 13.3 Å². The maximum absolute atomic E-state index is 11.1. The number of nitrogens with one attached hydrogen (secondary N) is 2. The molecule has 1 heterocycles. The van der Waals surface area contributed by atoms with E-state index in [1.807, 2.05) is 0 Å². The van der Waals surface area contributed by atoms with E-state index in [2.05, 4.69) is 15.6 Å². The molecule has 2 N–H and O–H groups in total. The van der Waals surface area contributed by atoms with Crippen molar-refractivity contribution < 1.29 is 14.5 Å². The molecule has 0 amide bonds. The highest BCUT2D eigenvalue weighted by molar-refractivity contribution is 5.70. The van der Waals surface area contributed by atoms with Crippen molar-refractivity contribution >= 4 is 23.3 Å². The van der Waals surface area contributed by atoms with E-state index in [1.165, 1.54) is 12.1 Å². The van der Waals surface area contributed by atoms with E-state index in [1.54, 1.807) is 14.0 Å². The van der Waals surface area contributed by atoms with E-state index >= 15 is 0 Å². The number of esters is 1. The van der Waals surface area contributed by atoms with Crippen molar-refractivity contribution in [3.8, 4) is 0 Å². The number of pyridine rings is 1. The average Bonchev–Trinajstić information content (AvgIpc) is 2.38. The molecule has 0 radical (unpaired) electrons. The molecule has 1 aromatic heterocycles. The summed E-state index contributed by atoms with van der Waals surface area (Å²) in [7, 11) is 1.66. The lowest BCUT2D eigenvalue weighted by Gasteiger charge is -2.07. The van der Waals surface area contributed by atoms with Gasteiger partial charge >= 0.3 is 11.7 Å². The van der Waals surface area contributed by atoms with Crippen molar-refractivity contribution in [3.05, 3.63) is 22.2 Å². The highest BCUT2D eigenvalue weighted by Crippen LogP contribution is 2.23. The van der Waals surface area contributed by atoms with Crippen LogP contribution in [0.2, 0.25) is 0 Å². The Bertz CT molecular complexity index is 464. The molecule has 0 aromatic carbocycles. The van der Waals surface area contributed by atoms with Crippen molar-refractivity contribution in [1.29, 1.82) is 0 Å². The molecule has 0 saturated heterocycles. The summed E-state index contributed by atoms with van der Waals surface area (Å²) in [5, 5.41) is 16.4. The van der Waals surface area contributed by atoms with Crippen molar-refractivity contribution in [2.45, 2.75) is 13.3 Å². The van der Waals surface area contributed by atoms with E-state index in [-0.39, 0.29) is 30.4 Å². The minimum Gasteiger partial charge on any atom is -0.466 e. The van der Waals surface area contributed by atoms with Crippen LogP contribution in [0, 0.1) is 10.1 Å². The van der Waals surface area contributed by atoms with Gasteiger partial charge in [0.1, 0.15) is 5.82 Å². The van der Waals surface area contributed by atoms with Gasteiger partial charge < -0.3 is 15.4 Å². The Hall–Kier alpha value is -2.38. The molecule has 8 heteroatoms. The lowest BCUT2D eigenvalue weighted by molar-refractivity contribution is -0.384. The molecule has 0 aliphatic heterocycles. The zero-order valence-electron chi connectivity index (χ0n) is 10.8. The van der Waals surface area contributed by atoms with Crippen LogP contribution in [0.15, 0.2) is 12.1 Å². The number of carbonyl (C=O) groups excluding carboxylic acids is 1. The summed E-state index contributed by atoms with van der Waals surface area (Å²) in [5.74, 6) is 0.271. The number of ether oxygens (including phenoxy) is 1. The van der Waals surface area contributed by atoms with Crippen molar-refractivity contribution in [2.75, 3.05) is 30.8 Å². The third-order valence-corrected chi connectivity index (χ3v) is 2.25. The summed E-state index contributed by atoms with van der Waals surface area (Å²) >= 11 is 0. The average molecular weight is 268 g/mol. The standard InChI is InChI=1S/C11H16N4O4/c1-3-19-10(16)6-7-13-11-8(15(17)18)4-5-9(12-2)14-11/h4-5H,3,6-7H2,1-2H3,(H2,12,13,14). The van der Waals surface area contributed by atoms with Gasteiger partial charge in [0.2, 0.25) is 5.82 Å². The molecule has 0 unspecified atom stereocenters. The van der Waals surface area contributed by atoms with Crippen molar-refractivity contribution in [2.24, 2.45) is 0 Å². The third-order valence-electron chi connectivity index (χ3n) is 2.25. The topological polar surface area (TPSA) is 106 Å². The van der Waals surface area contributed by atoms with Crippen LogP contribution in [0.5, 0.6) is 0 Å². The first kappa shape index (κ1) is 14.7. The lowest BCUT2D eigenvalue weighted by Crippen LogP contribution is -2.13. The second-order valence-corrected chi connectivity index (χ2v) is 3.55. The number of rotatable bonds is 7. The Morgan fingerprint density at radius 1 is 1.53 bits per heavy atom. The Morgan fingerprint density at radius 2 is 2.26 bits per heavy atom. The second-order valence-electron chi connectivity index (χ2n) is 3.55. The molecule has 0 aliphatic rings. The fourth-order valence-electron chi connectivity index (χ4n) is 1.38. The molecule has 104 valence electrons. The first-order chi connectivity index (χ1) is 9.08. The van der Waals surface area contributed by atoms with Crippen LogP contribution in [0.25, 0.3) is 0 Å². The summed E-state index contributed by atoms with van der Waals surface area (Å²) in [6, 6.07) is 2.86. The largest absolute Gasteiger partial charge is 0.466 e. The predicted molar refractivity (Wildman–Crippen MR) is 70.2 cm³/mol. The van der Waals surface area contributed by atoms with Gasteiger partial charge in [0.15, 0.2) is 0 Å². The van der Waals surface area contributed by atoms with E-state index in [0.717, 1.165) is 0 Å². The summed E-state index contributed by atoms with van der Waals surface area (Å²) < 4.78 is 4.76. The number of anilines is 2. The first-order valence-corrected chi connectivity index (χ1v) is 5.81. The molecule has 0 atom stereocenters. The lowest BCUT2D eigenvalue weighted by atomic mass is 10.3. The van der Waals surface area contributed by atoms with Crippen molar-refractivity contribution in [1.82, 2.24) is 4.98 Å². The summed E-state index contributed by atoms with van der Waals surface area (Å²) in [6.07, 6.45) is 0.121. The molecule has 1 aromatic rings. The third kappa shape index (κ3) is 4.41. The van der Waals surface area contributed by atoms with Gasteiger partial charge in [-0.1, -0.05) is 0 Å². The maximum Gasteiger partial charge on any atom is 0.311 e. The van der Waals surface area contributed by atoms with Gasteiger partial charge in [0, 0.05) is 19.7 Å². The number of carbonyl (C=O) groups is 1. The van der Waals surface area contributed by atoms with E-state index < -0.39 is 4.92 Å². The molecule has 1 rings (SSSR count). The molecule has 19 heavy (non-hydrogen) atoms. The Morgan fingerprint density at radius 3 is 2.84 bits per heavy atom. The summed E-state index contributed by atoms with van der Waals surface area (Å²) in [6.45, 7) is 2.25. The van der Waals surface area contributed by atoms with Crippen LogP contribution in [0.4, 0.5) is 17.3 Å². The van der Waals surface area contributed by atoms with Gasteiger partial charge in [-0.2, -0.15) is 0 Å². The van der Waals surface area contributed by atoms with Crippen LogP contribution in [-0.4, -0.2) is 36.1 Å². The minimum atomic E-state index is -0.529. The van der Waals surface area contributed by atoms with Crippen LogP contribution >= 0.6 is 0 Å². The van der Waals surface area contributed by atoms with Gasteiger partial charge in [0.25, 0.3) is 0 Å².